The first-order valence-corrected chi connectivity index (χ1v) is 10.3. The number of rotatable bonds is 9. The molecule has 174 valence electrons. The first kappa shape index (κ1) is 25.5. The number of alkyl halides is 1. The molecule has 0 unspecified atom stereocenters. The van der Waals surface area contributed by atoms with Gasteiger partial charge in [-0.3, -0.25) is 4.79 Å². The van der Waals surface area contributed by atoms with Crippen molar-refractivity contribution in [1.29, 1.82) is 0 Å². The Kier molecular flexibility index (Phi) is 9.19. The summed E-state index contributed by atoms with van der Waals surface area (Å²) in [4.78, 5) is 25.2. The third-order valence-electron chi connectivity index (χ3n) is 5.13. The zero-order chi connectivity index (χ0) is 23.3. The lowest BCUT2D eigenvalue weighted by molar-refractivity contribution is -0.297. The van der Waals surface area contributed by atoms with Gasteiger partial charge in [0.05, 0.1) is 24.9 Å². The highest BCUT2D eigenvalue weighted by Crippen LogP contribution is 2.31. The molecule has 1 amide bonds. The van der Waals surface area contributed by atoms with Crippen LogP contribution in [0.15, 0.2) is 18.2 Å². The van der Waals surface area contributed by atoms with Gasteiger partial charge in [-0.15, -0.1) is 11.6 Å². The van der Waals surface area contributed by atoms with E-state index in [2.05, 4.69) is 0 Å². The van der Waals surface area contributed by atoms with E-state index in [-0.39, 0.29) is 19.1 Å². The summed E-state index contributed by atoms with van der Waals surface area (Å²) in [5.74, 6) is -2.25. The Labute approximate surface area is 184 Å². The number of para-hydroxylation sites is 1. The largest absolute Gasteiger partial charge is 0.479 e. The molecular formula is C20H28ClNO9. The highest BCUT2D eigenvalue weighted by Gasteiger charge is 2.47. The number of aliphatic hydroxyl groups is 4. The van der Waals surface area contributed by atoms with E-state index >= 15 is 0 Å². The number of anilines is 1. The predicted octanol–water partition coefficient (Wildman–Crippen LogP) is -0.390. The molecule has 1 aromatic carbocycles. The van der Waals surface area contributed by atoms with E-state index in [1.165, 1.54) is 4.90 Å². The van der Waals surface area contributed by atoms with Crippen LogP contribution in [0.25, 0.3) is 0 Å². The number of carbonyl (C=O) groups is 2. The summed E-state index contributed by atoms with van der Waals surface area (Å²) in [7, 11) is 0. The number of amides is 1. The lowest BCUT2D eigenvalue weighted by atomic mass is 9.99. The molecule has 0 saturated carbocycles. The van der Waals surface area contributed by atoms with E-state index in [9.17, 15) is 30.0 Å². The average Bonchev–Trinajstić information content (AvgIpc) is 2.76. The number of nitrogens with zero attached hydrogens (tertiary/aromatic N) is 1. The first-order valence-electron chi connectivity index (χ1n) is 9.81. The Morgan fingerprint density at radius 1 is 1.19 bits per heavy atom. The summed E-state index contributed by atoms with van der Waals surface area (Å²) in [6.45, 7) is 3.02. The van der Waals surface area contributed by atoms with Crippen molar-refractivity contribution in [3.63, 3.8) is 0 Å². The maximum atomic E-state index is 12.5. The molecule has 1 aliphatic rings. The molecule has 0 aliphatic carbocycles. The first-order chi connectivity index (χ1) is 14.7. The Bertz CT molecular complexity index is 777. The Balaban J connectivity index is 2.35. The molecule has 0 bridgehead atoms. The number of aliphatic carboxylic acids is 1. The molecule has 1 saturated heterocycles. The van der Waals surface area contributed by atoms with Crippen LogP contribution in [0.5, 0.6) is 0 Å². The Hall–Kier alpha value is -1.79. The minimum Gasteiger partial charge on any atom is -0.479 e. The van der Waals surface area contributed by atoms with Crippen molar-refractivity contribution < 1.29 is 44.6 Å². The summed E-state index contributed by atoms with van der Waals surface area (Å²) in [5.41, 5.74) is 1.77. The van der Waals surface area contributed by atoms with Crippen LogP contribution in [0.1, 0.15) is 25.0 Å². The number of carbonyl (C=O) groups excluding carboxylic acids is 1. The predicted molar refractivity (Wildman–Crippen MR) is 110 cm³/mol. The van der Waals surface area contributed by atoms with Gasteiger partial charge in [-0.1, -0.05) is 25.1 Å². The van der Waals surface area contributed by atoms with E-state index < -0.39 is 48.6 Å². The van der Waals surface area contributed by atoms with Crippen LogP contribution in [-0.4, -0.2) is 86.6 Å². The second kappa shape index (κ2) is 11.2. The van der Waals surface area contributed by atoms with Crippen molar-refractivity contribution >= 4 is 29.2 Å². The maximum absolute atomic E-state index is 12.5. The van der Waals surface area contributed by atoms with Gasteiger partial charge in [0.2, 0.25) is 5.91 Å². The zero-order valence-electron chi connectivity index (χ0n) is 17.2. The molecule has 10 nitrogen and oxygen atoms in total. The van der Waals surface area contributed by atoms with Gasteiger partial charge < -0.3 is 39.9 Å². The van der Waals surface area contributed by atoms with Crippen molar-refractivity contribution in [1.82, 2.24) is 0 Å². The average molecular weight is 462 g/mol. The number of carboxylic acids is 1. The smallest absolute Gasteiger partial charge is 0.335 e. The molecule has 6 atom stereocenters. The fourth-order valence-corrected chi connectivity index (χ4v) is 3.58. The van der Waals surface area contributed by atoms with E-state index in [0.717, 1.165) is 5.56 Å². The second-order valence-electron chi connectivity index (χ2n) is 7.25. The molecule has 1 aromatic rings. The fourth-order valence-electron chi connectivity index (χ4n) is 3.45. The highest BCUT2D eigenvalue weighted by atomic mass is 35.5. The molecule has 1 heterocycles. The van der Waals surface area contributed by atoms with E-state index in [1.54, 1.807) is 19.1 Å². The standard InChI is InChI=1S/C20H28ClNO9/c1-3-11-5-4-6-12(14(11)22(10(2)8-23)13(24)7-21)9-30-20-17(27)15(25)16(26)18(31-20)19(28)29/h4-6,10,15-18,20,23,25-27H,3,7-9H2,1-2H3,(H,28,29)/t10-,15-,16-,17+,18-,20+/m0/s1. The maximum Gasteiger partial charge on any atom is 0.335 e. The van der Waals surface area contributed by atoms with Gasteiger partial charge in [0.15, 0.2) is 12.4 Å². The number of carboxylic acid groups (broad SMARTS) is 1. The number of hydrogen-bond donors (Lipinski definition) is 5. The van der Waals surface area contributed by atoms with Crippen LogP contribution in [0.3, 0.4) is 0 Å². The molecular weight excluding hydrogens is 434 g/mol. The number of halogens is 1. The minimum atomic E-state index is -1.83. The van der Waals surface area contributed by atoms with Crippen LogP contribution in [0, 0.1) is 0 Å². The fraction of sp³-hybridized carbons (Fsp3) is 0.600. The van der Waals surface area contributed by atoms with Gasteiger partial charge in [-0.05, 0) is 18.9 Å². The number of benzene rings is 1. The van der Waals surface area contributed by atoms with Crippen molar-refractivity contribution in [2.45, 2.75) is 63.6 Å². The second-order valence-corrected chi connectivity index (χ2v) is 7.52. The minimum absolute atomic E-state index is 0.218. The topological polar surface area (TPSA) is 157 Å². The summed E-state index contributed by atoms with van der Waals surface area (Å²) in [6.07, 6.45) is -8.07. The van der Waals surface area contributed by atoms with Gasteiger partial charge in [0.25, 0.3) is 0 Å². The van der Waals surface area contributed by atoms with Gasteiger partial charge >= 0.3 is 5.97 Å². The van der Waals surface area contributed by atoms with E-state index in [4.69, 9.17) is 26.2 Å². The normalized spacial score (nSPS) is 27.0. The molecule has 31 heavy (non-hydrogen) atoms. The van der Waals surface area contributed by atoms with Gasteiger partial charge in [-0.2, -0.15) is 0 Å². The zero-order valence-corrected chi connectivity index (χ0v) is 18.0. The molecule has 1 fully saturated rings. The van der Waals surface area contributed by atoms with Crippen LogP contribution >= 0.6 is 11.6 Å². The highest BCUT2D eigenvalue weighted by molar-refractivity contribution is 6.29. The van der Waals surface area contributed by atoms with Gasteiger partial charge in [-0.25, -0.2) is 4.79 Å². The SMILES string of the molecule is CCc1cccc(CO[C@@H]2O[C@H](C(=O)O)[C@@H](O)[C@H](O)[C@H]2O)c1N(C(=O)CCl)[C@@H](C)CO. The molecule has 1 aliphatic heterocycles. The van der Waals surface area contributed by atoms with Gasteiger partial charge in [0, 0.05) is 5.56 Å². The Morgan fingerprint density at radius 3 is 2.39 bits per heavy atom. The lowest BCUT2D eigenvalue weighted by Crippen LogP contribution is -2.60. The molecule has 2 rings (SSSR count). The summed E-state index contributed by atoms with van der Waals surface area (Å²) >= 11 is 5.77. The summed E-state index contributed by atoms with van der Waals surface area (Å²) in [5, 5.41) is 48.7. The van der Waals surface area contributed by atoms with Crippen molar-refractivity contribution in [3.05, 3.63) is 29.3 Å². The third-order valence-corrected chi connectivity index (χ3v) is 5.36. The molecule has 0 aromatic heterocycles. The number of hydrogen-bond acceptors (Lipinski definition) is 8. The van der Waals surface area contributed by atoms with Crippen molar-refractivity contribution in [3.8, 4) is 0 Å². The molecule has 0 radical (unpaired) electrons. The number of aryl methyl sites for hydroxylation is 1. The van der Waals surface area contributed by atoms with Crippen molar-refractivity contribution in [2.24, 2.45) is 0 Å². The van der Waals surface area contributed by atoms with Gasteiger partial charge in [0.1, 0.15) is 24.2 Å². The number of ether oxygens (including phenoxy) is 2. The summed E-state index contributed by atoms with van der Waals surface area (Å²) < 4.78 is 10.7. The van der Waals surface area contributed by atoms with Crippen LogP contribution in [-0.2, 0) is 32.1 Å². The molecule has 0 spiro atoms. The van der Waals surface area contributed by atoms with E-state index in [1.807, 2.05) is 13.0 Å². The molecule has 5 N–H and O–H groups in total. The Morgan fingerprint density at radius 2 is 1.84 bits per heavy atom. The monoisotopic (exact) mass is 461 g/mol. The quantitative estimate of drug-likeness (QED) is 0.309. The van der Waals surface area contributed by atoms with Crippen LogP contribution < -0.4 is 4.90 Å². The molecule has 11 heteroatoms. The van der Waals surface area contributed by atoms with E-state index in [0.29, 0.717) is 17.7 Å². The lowest BCUT2D eigenvalue weighted by Gasteiger charge is -2.38. The van der Waals surface area contributed by atoms with Crippen LogP contribution in [0.2, 0.25) is 0 Å². The summed E-state index contributed by atoms with van der Waals surface area (Å²) in [6, 6.07) is 4.64. The van der Waals surface area contributed by atoms with Crippen molar-refractivity contribution in [2.75, 3.05) is 17.4 Å². The third kappa shape index (κ3) is 5.53. The van der Waals surface area contributed by atoms with Crippen LogP contribution in [0.4, 0.5) is 5.69 Å². The number of aliphatic hydroxyl groups excluding tert-OH is 4.